The van der Waals surface area contributed by atoms with E-state index >= 15 is 0 Å². The quantitative estimate of drug-likeness (QED) is 0.341. The van der Waals surface area contributed by atoms with Gasteiger partial charge in [0.25, 0.3) is 0 Å². The zero-order valence-corrected chi connectivity index (χ0v) is 16.0. The van der Waals surface area contributed by atoms with Gasteiger partial charge in [-0.05, 0) is 35.0 Å². The van der Waals surface area contributed by atoms with Gasteiger partial charge < -0.3 is 0 Å². The molecule has 4 heteroatoms. The summed E-state index contributed by atoms with van der Waals surface area (Å²) in [6.45, 7) is 0. The largest absolute Gasteiger partial charge is 0.245 e. The number of rotatable bonds is 2. The number of aromatic nitrogens is 4. The first-order valence-corrected chi connectivity index (χ1v) is 9.82. The summed E-state index contributed by atoms with van der Waals surface area (Å²) in [5.41, 5.74) is 4.52. The molecule has 4 nitrogen and oxygen atoms in total. The van der Waals surface area contributed by atoms with Crippen LogP contribution in [0.15, 0.2) is 97.3 Å². The molecular formula is C26H16N4. The SMILES string of the molecule is c1cnc(-c2ccc3ccc4ccc(-c5ccc6ccccc6c5)nc4c3n2)nc1. The average molecular weight is 384 g/mol. The summed E-state index contributed by atoms with van der Waals surface area (Å²) in [6, 6.07) is 29.0. The molecule has 0 atom stereocenters. The van der Waals surface area contributed by atoms with Gasteiger partial charge in [-0.2, -0.15) is 0 Å². The fourth-order valence-electron chi connectivity index (χ4n) is 3.83. The van der Waals surface area contributed by atoms with Gasteiger partial charge in [0.15, 0.2) is 5.82 Å². The van der Waals surface area contributed by atoms with Crippen LogP contribution >= 0.6 is 0 Å². The molecule has 3 heterocycles. The van der Waals surface area contributed by atoms with Crippen LogP contribution in [0, 0.1) is 0 Å². The van der Waals surface area contributed by atoms with Gasteiger partial charge in [-0.25, -0.2) is 19.9 Å². The summed E-state index contributed by atoms with van der Waals surface area (Å²) < 4.78 is 0. The predicted octanol–water partition coefficient (Wildman–Crippen LogP) is 6.06. The summed E-state index contributed by atoms with van der Waals surface area (Å²) in [5, 5.41) is 4.54. The molecule has 0 spiro atoms. The fourth-order valence-corrected chi connectivity index (χ4v) is 3.83. The summed E-state index contributed by atoms with van der Waals surface area (Å²) in [5.74, 6) is 0.613. The molecule has 0 saturated heterocycles. The van der Waals surface area contributed by atoms with E-state index in [4.69, 9.17) is 9.97 Å². The molecule has 6 rings (SSSR count). The topological polar surface area (TPSA) is 51.6 Å². The number of hydrogen-bond donors (Lipinski definition) is 0. The third-order valence-corrected chi connectivity index (χ3v) is 5.36. The molecule has 3 aromatic carbocycles. The maximum atomic E-state index is 5.01. The molecule has 0 aliphatic carbocycles. The molecule has 0 unspecified atom stereocenters. The fraction of sp³-hybridized carbons (Fsp3) is 0. The Morgan fingerprint density at radius 1 is 0.467 bits per heavy atom. The zero-order chi connectivity index (χ0) is 19.9. The monoisotopic (exact) mass is 384 g/mol. The van der Waals surface area contributed by atoms with E-state index in [1.54, 1.807) is 18.5 Å². The predicted molar refractivity (Wildman–Crippen MR) is 121 cm³/mol. The van der Waals surface area contributed by atoms with E-state index < -0.39 is 0 Å². The minimum atomic E-state index is 0.613. The third kappa shape index (κ3) is 2.78. The van der Waals surface area contributed by atoms with E-state index in [1.807, 2.05) is 6.07 Å². The average Bonchev–Trinajstić information content (AvgIpc) is 2.83. The van der Waals surface area contributed by atoms with Crippen LogP contribution in [-0.4, -0.2) is 19.9 Å². The van der Waals surface area contributed by atoms with Gasteiger partial charge in [0.1, 0.15) is 5.69 Å². The minimum absolute atomic E-state index is 0.613. The Bertz CT molecular complexity index is 1540. The Morgan fingerprint density at radius 3 is 1.83 bits per heavy atom. The molecule has 0 amide bonds. The second-order valence-corrected chi connectivity index (χ2v) is 7.24. The van der Waals surface area contributed by atoms with Crippen LogP contribution in [0.3, 0.4) is 0 Å². The number of fused-ring (bicyclic) bond motifs is 4. The first kappa shape index (κ1) is 16.7. The van der Waals surface area contributed by atoms with E-state index in [0.717, 1.165) is 38.8 Å². The molecule has 30 heavy (non-hydrogen) atoms. The van der Waals surface area contributed by atoms with Gasteiger partial charge in [-0.15, -0.1) is 0 Å². The van der Waals surface area contributed by atoms with Gasteiger partial charge in [0.05, 0.1) is 16.7 Å². The lowest BCUT2D eigenvalue weighted by molar-refractivity contribution is 1.15. The molecule has 0 aliphatic heterocycles. The first-order chi connectivity index (χ1) is 14.8. The summed E-state index contributed by atoms with van der Waals surface area (Å²) in [4.78, 5) is 18.6. The first-order valence-electron chi connectivity index (χ1n) is 9.82. The van der Waals surface area contributed by atoms with Crippen molar-refractivity contribution in [1.82, 2.24) is 19.9 Å². The van der Waals surface area contributed by atoms with Gasteiger partial charge in [-0.1, -0.05) is 60.7 Å². The van der Waals surface area contributed by atoms with Gasteiger partial charge in [0, 0.05) is 28.7 Å². The molecule has 0 radical (unpaired) electrons. The third-order valence-electron chi connectivity index (χ3n) is 5.36. The number of nitrogens with zero attached hydrogens (tertiary/aromatic N) is 4. The lowest BCUT2D eigenvalue weighted by Crippen LogP contribution is -1.93. The summed E-state index contributed by atoms with van der Waals surface area (Å²) in [6.07, 6.45) is 3.46. The molecule has 0 bridgehead atoms. The summed E-state index contributed by atoms with van der Waals surface area (Å²) >= 11 is 0. The second kappa shape index (κ2) is 6.71. The smallest absolute Gasteiger partial charge is 0.178 e. The van der Waals surface area contributed by atoms with Crippen molar-refractivity contribution < 1.29 is 0 Å². The van der Waals surface area contributed by atoms with E-state index in [-0.39, 0.29) is 0 Å². The van der Waals surface area contributed by atoms with Crippen molar-refractivity contribution >= 4 is 32.6 Å². The van der Waals surface area contributed by atoms with Crippen LogP contribution in [0.1, 0.15) is 0 Å². The van der Waals surface area contributed by atoms with Crippen LogP contribution in [0.25, 0.3) is 55.4 Å². The Balaban J connectivity index is 1.57. The maximum Gasteiger partial charge on any atom is 0.178 e. The van der Waals surface area contributed by atoms with Crippen molar-refractivity contribution in [2.45, 2.75) is 0 Å². The number of benzene rings is 3. The van der Waals surface area contributed by atoms with E-state index in [1.165, 1.54) is 10.8 Å². The second-order valence-electron chi connectivity index (χ2n) is 7.24. The highest BCUT2D eigenvalue weighted by molar-refractivity contribution is 6.04. The molecular weight excluding hydrogens is 368 g/mol. The zero-order valence-electron chi connectivity index (χ0n) is 16.0. The lowest BCUT2D eigenvalue weighted by atomic mass is 10.0. The van der Waals surface area contributed by atoms with E-state index in [9.17, 15) is 0 Å². The van der Waals surface area contributed by atoms with Gasteiger partial charge >= 0.3 is 0 Å². The highest BCUT2D eigenvalue weighted by atomic mass is 14.9. The Morgan fingerprint density at radius 2 is 1.07 bits per heavy atom. The Labute approximate surface area is 172 Å². The van der Waals surface area contributed by atoms with Crippen molar-refractivity contribution in [1.29, 1.82) is 0 Å². The molecule has 0 saturated carbocycles. The molecule has 6 aromatic rings. The van der Waals surface area contributed by atoms with Gasteiger partial charge in [0.2, 0.25) is 0 Å². The van der Waals surface area contributed by atoms with Crippen LogP contribution in [-0.2, 0) is 0 Å². The number of pyridine rings is 2. The van der Waals surface area contributed by atoms with Crippen LogP contribution in [0.2, 0.25) is 0 Å². The number of hydrogen-bond acceptors (Lipinski definition) is 4. The minimum Gasteiger partial charge on any atom is -0.245 e. The van der Waals surface area contributed by atoms with Crippen molar-refractivity contribution in [3.63, 3.8) is 0 Å². The van der Waals surface area contributed by atoms with Crippen molar-refractivity contribution in [3.05, 3.63) is 97.3 Å². The Kier molecular flexibility index (Phi) is 3.74. The highest BCUT2D eigenvalue weighted by Gasteiger charge is 2.10. The molecule has 0 N–H and O–H groups in total. The molecule has 0 aliphatic rings. The van der Waals surface area contributed by atoms with Crippen LogP contribution in [0.5, 0.6) is 0 Å². The maximum absolute atomic E-state index is 5.01. The highest BCUT2D eigenvalue weighted by Crippen LogP contribution is 2.29. The molecule has 3 aromatic heterocycles. The van der Waals surface area contributed by atoms with Crippen LogP contribution in [0.4, 0.5) is 0 Å². The normalized spacial score (nSPS) is 11.3. The Hall–Kier alpha value is -4.18. The molecule has 0 fully saturated rings. The van der Waals surface area contributed by atoms with Crippen molar-refractivity contribution in [2.75, 3.05) is 0 Å². The van der Waals surface area contributed by atoms with Crippen molar-refractivity contribution in [3.8, 4) is 22.8 Å². The standard InChI is InChI=1S/C26H16N4/c1-2-5-20-16-21(9-6-17(20)4-1)22-12-10-18-7-8-19-11-13-23(26-27-14-3-15-28-26)30-25(19)24(18)29-22/h1-16H. The van der Waals surface area contributed by atoms with Crippen molar-refractivity contribution in [2.24, 2.45) is 0 Å². The summed E-state index contributed by atoms with van der Waals surface area (Å²) in [7, 11) is 0. The molecule has 140 valence electrons. The van der Waals surface area contributed by atoms with E-state index in [2.05, 4.69) is 82.8 Å². The van der Waals surface area contributed by atoms with E-state index in [0.29, 0.717) is 5.82 Å². The van der Waals surface area contributed by atoms with Crippen LogP contribution < -0.4 is 0 Å². The van der Waals surface area contributed by atoms with Gasteiger partial charge in [-0.3, -0.25) is 0 Å². The lowest BCUT2D eigenvalue weighted by Gasteiger charge is -2.08.